The van der Waals surface area contributed by atoms with Crippen molar-refractivity contribution in [2.24, 2.45) is 5.92 Å². The molecule has 1 unspecified atom stereocenters. The van der Waals surface area contributed by atoms with E-state index >= 15 is 0 Å². The second-order valence-electron chi connectivity index (χ2n) is 6.59. The zero-order valence-corrected chi connectivity index (χ0v) is 12.8. The van der Waals surface area contributed by atoms with Crippen molar-refractivity contribution < 1.29 is 4.79 Å². The molecule has 0 radical (unpaired) electrons. The van der Waals surface area contributed by atoms with Gasteiger partial charge in [0.1, 0.15) is 0 Å². The number of carbonyl (C=O) groups excluding carboxylic acids is 1. The van der Waals surface area contributed by atoms with Crippen LogP contribution in [0.1, 0.15) is 55.8 Å². The number of aromatic nitrogens is 1. The molecule has 1 aromatic heterocycles. The zero-order chi connectivity index (χ0) is 14.7. The van der Waals surface area contributed by atoms with E-state index < -0.39 is 0 Å². The molecule has 114 valence electrons. The number of amides is 1. The number of nitrogens with one attached hydrogen (secondary N) is 1. The molecule has 2 aliphatic rings. The van der Waals surface area contributed by atoms with E-state index in [1.807, 2.05) is 17.2 Å². The standard InChI is InChI=1S/C17H25N3O/c1-13-5-4-8-20(12-13)17(21)14-9-16(11-18-10-14)19-15-6-2-3-7-15/h9-11,13,15,19H,2-8,12H2,1H3. The molecule has 4 nitrogen and oxygen atoms in total. The third-order valence-corrected chi connectivity index (χ3v) is 4.66. The van der Waals surface area contributed by atoms with Gasteiger partial charge in [0.25, 0.3) is 5.91 Å². The lowest BCUT2D eigenvalue weighted by atomic mass is 10.00. The lowest BCUT2D eigenvalue weighted by Crippen LogP contribution is -2.39. The Balaban J connectivity index is 1.68. The molecule has 0 spiro atoms. The van der Waals surface area contributed by atoms with Crippen LogP contribution in [0.4, 0.5) is 5.69 Å². The van der Waals surface area contributed by atoms with Gasteiger partial charge in [-0.25, -0.2) is 0 Å². The summed E-state index contributed by atoms with van der Waals surface area (Å²) in [5, 5.41) is 3.51. The molecule has 4 heteroatoms. The molecule has 2 heterocycles. The monoisotopic (exact) mass is 287 g/mol. The van der Waals surface area contributed by atoms with E-state index in [-0.39, 0.29) is 5.91 Å². The van der Waals surface area contributed by atoms with Crippen LogP contribution < -0.4 is 5.32 Å². The van der Waals surface area contributed by atoms with Crippen molar-refractivity contribution >= 4 is 11.6 Å². The van der Waals surface area contributed by atoms with Crippen molar-refractivity contribution in [3.63, 3.8) is 0 Å². The van der Waals surface area contributed by atoms with Crippen molar-refractivity contribution in [1.29, 1.82) is 0 Å². The van der Waals surface area contributed by atoms with E-state index in [4.69, 9.17) is 0 Å². The van der Waals surface area contributed by atoms with Gasteiger partial charge in [-0.2, -0.15) is 0 Å². The first-order valence-electron chi connectivity index (χ1n) is 8.23. The van der Waals surface area contributed by atoms with Gasteiger partial charge in [-0.05, 0) is 37.7 Å². The molecule has 3 rings (SSSR count). The van der Waals surface area contributed by atoms with Gasteiger partial charge in [-0.3, -0.25) is 9.78 Å². The van der Waals surface area contributed by atoms with Crippen LogP contribution in [0.15, 0.2) is 18.5 Å². The van der Waals surface area contributed by atoms with Crippen molar-refractivity contribution in [2.75, 3.05) is 18.4 Å². The molecule has 1 aliphatic carbocycles. The van der Waals surface area contributed by atoms with Gasteiger partial charge in [0.05, 0.1) is 11.3 Å². The molecular weight excluding hydrogens is 262 g/mol. The number of anilines is 1. The van der Waals surface area contributed by atoms with Gasteiger partial charge >= 0.3 is 0 Å². The SMILES string of the molecule is CC1CCCN(C(=O)c2cncc(NC3CCCC3)c2)C1. The summed E-state index contributed by atoms with van der Waals surface area (Å²) in [6.45, 7) is 3.97. The van der Waals surface area contributed by atoms with Crippen LogP contribution in [-0.2, 0) is 0 Å². The first-order valence-corrected chi connectivity index (χ1v) is 8.23. The minimum Gasteiger partial charge on any atom is -0.381 e. The van der Waals surface area contributed by atoms with Crippen LogP contribution >= 0.6 is 0 Å². The van der Waals surface area contributed by atoms with Crippen molar-refractivity contribution in [2.45, 2.75) is 51.5 Å². The van der Waals surface area contributed by atoms with E-state index in [0.29, 0.717) is 17.5 Å². The van der Waals surface area contributed by atoms with Gasteiger partial charge in [0.2, 0.25) is 0 Å². The second kappa shape index (κ2) is 6.46. The highest BCUT2D eigenvalue weighted by Gasteiger charge is 2.22. The quantitative estimate of drug-likeness (QED) is 0.927. The highest BCUT2D eigenvalue weighted by atomic mass is 16.2. The molecule has 0 aromatic carbocycles. The highest BCUT2D eigenvalue weighted by molar-refractivity contribution is 5.94. The molecular formula is C17H25N3O. The minimum atomic E-state index is 0.129. The van der Waals surface area contributed by atoms with Crippen LogP contribution in [0.5, 0.6) is 0 Å². The number of rotatable bonds is 3. The van der Waals surface area contributed by atoms with Gasteiger partial charge in [0, 0.05) is 31.5 Å². The normalized spacial score (nSPS) is 23.3. The summed E-state index contributed by atoms with van der Waals surface area (Å²) in [6.07, 6.45) is 10.9. The number of hydrogen-bond donors (Lipinski definition) is 1. The Kier molecular flexibility index (Phi) is 4.42. The fourth-order valence-corrected chi connectivity index (χ4v) is 3.50. The lowest BCUT2D eigenvalue weighted by Gasteiger charge is -2.31. The smallest absolute Gasteiger partial charge is 0.255 e. The summed E-state index contributed by atoms with van der Waals surface area (Å²) in [7, 11) is 0. The summed E-state index contributed by atoms with van der Waals surface area (Å²) in [6, 6.07) is 2.51. The topological polar surface area (TPSA) is 45.2 Å². The van der Waals surface area contributed by atoms with Crippen LogP contribution in [0.3, 0.4) is 0 Å². The predicted molar refractivity (Wildman–Crippen MR) is 84.4 cm³/mol. The number of carbonyl (C=O) groups is 1. The average Bonchev–Trinajstić information content (AvgIpc) is 3.00. The molecule has 1 amide bonds. The second-order valence-corrected chi connectivity index (χ2v) is 6.59. The number of pyridine rings is 1. The van der Waals surface area contributed by atoms with E-state index in [2.05, 4.69) is 17.2 Å². The van der Waals surface area contributed by atoms with E-state index in [9.17, 15) is 4.79 Å². The maximum Gasteiger partial charge on any atom is 0.255 e. The van der Waals surface area contributed by atoms with Crippen LogP contribution in [0.25, 0.3) is 0 Å². The first-order chi connectivity index (χ1) is 10.2. The predicted octanol–water partition coefficient (Wildman–Crippen LogP) is 3.31. The van der Waals surface area contributed by atoms with Crippen LogP contribution in [0.2, 0.25) is 0 Å². The maximum absolute atomic E-state index is 12.6. The lowest BCUT2D eigenvalue weighted by molar-refractivity contribution is 0.0682. The Morgan fingerprint density at radius 1 is 1.24 bits per heavy atom. The Labute approximate surface area is 126 Å². The van der Waals surface area contributed by atoms with E-state index in [1.165, 1.54) is 32.1 Å². The molecule has 1 atom stereocenters. The van der Waals surface area contributed by atoms with Gasteiger partial charge in [0.15, 0.2) is 0 Å². The van der Waals surface area contributed by atoms with Gasteiger partial charge in [-0.1, -0.05) is 19.8 Å². The summed E-state index contributed by atoms with van der Waals surface area (Å²) in [5.74, 6) is 0.736. The summed E-state index contributed by atoms with van der Waals surface area (Å²) in [5.41, 5.74) is 1.70. The Hall–Kier alpha value is -1.58. The number of likely N-dealkylation sites (tertiary alicyclic amines) is 1. The van der Waals surface area contributed by atoms with Crippen LogP contribution in [-0.4, -0.2) is 34.9 Å². The Bertz CT molecular complexity index is 497. The molecule has 1 aromatic rings. The molecule has 0 bridgehead atoms. The average molecular weight is 287 g/mol. The maximum atomic E-state index is 12.6. The Morgan fingerprint density at radius 3 is 2.81 bits per heavy atom. The number of hydrogen-bond acceptors (Lipinski definition) is 3. The summed E-state index contributed by atoms with van der Waals surface area (Å²) >= 11 is 0. The Morgan fingerprint density at radius 2 is 2.05 bits per heavy atom. The fraction of sp³-hybridized carbons (Fsp3) is 0.647. The first kappa shape index (κ1) is 14.4. The third-order valence-electron chi connectivity index (χ3n) is 4.66. The molecule has 1 saturated heterocycles. The highest BCUT2D eigenvalue weighted by Crippen LogP contribution is 2.23. The largest absolute Gasteiger partial charge is 0.381 e. The number of nitrogens with zero attached hydrogens (tertiary/aromatic N) is 2. The zero-order valence-electron chi connectivity index (χ0n) is 12.8. The third kappa shape index (κ3) is 3.55. The summed E-state index contributed by atoms with van der Waals surface area (Å²) < 4.78 is 0. The molecule has 2 fully saturated rings. The molecule has 1 saturated carbocycles. The fourth-order valence-electron chi connectivity index (χ4n) is 3.50. The van der Waals surface area contributed by atoms with Crippen molar-refractivity contribution in [3.05, 3.63) is 24.0 Å². The van der Waals surface area contributed by atoms with Crippen molar-refractivity contribution in [1.82, 2.24) is 9.88 Å². The van der Waals surface area contributed by atoms with Crippen molar-refractivity contribution in [3.8, 4) is 0 Å². The van der Waals surface area contributed by atoms with Gasteiger partial charge in [-0.15, -0.1) is 0 Å². The van der Waals surface area contributed by atoms with E-state index in [0.717, 1.165) is 25.2 Å². The summed E-state index contributed by atoms with van der Waals surface area (Å²) in [4.78, 5) is 18.8. The number of piperidine rings is 1. The molecule has 1 N–H and O–H groups in total. The minimum absolute atomic E-state index is 0.129. The molecule has 1 aliphatic heterocycles. The van der Waals surface area contributed by atoms with E-state index in [1.54, 1.807) is 6.20 Å². The van der Waals surface area contributed by atoms with Gasteiger partial charge < -0.3 is 10.2 Å². The van der Waals surface area contributed by atoms with Crippen LogP contribution in [0, 0.1) is 5.92 Å². The molecule has 21 heavy (non-hydrogen) atoms.